The Balaban J connectivity index is 1.42. The normalized spacial score (nSPS) is 27.7. The molecule has 2 nitrogen and oxygen atoms in total. The highest BCUT2D eigenvalue weighted by Gasteiger charge is 2.36. The zero-order chi connectivity index (χ0) is 22.4. The maximum atomic E-state index is 14.0. The highest BCUT2D eigenvalue weighted by Crippen LogP contribution is 2.39. The van der Waals surface area contributed by atoms with Gasteiger partial charge in [0.05, 0.1) is 13.2 Å². The van der Waals surface area contributed by atoms with Gasteiger partial charge in [0, 0.05) is 11.5 Å². The molecule has 0 amide bonds. The van der Waals surface area contributed by atoms with E-state index >= 15 is 0 Å². The number of rotatable bonds is 8. The van der Waals surface area contributed by atoms with Crippen molar-refractivity contribution < 1.29 is 27.0 Å². The molecule has 0 unspecified atom stereocenters. The first-order valence-corrected chi connectivity index (χ1v) is 11.6. The molecule has 1 saturated carbocycles. The molecule has 1 aliphatic carbocycles. The standard InChI is InChI=1S/C24H31ClF4O2/c1-2-3-4-5-16-6-8-17(9-7-16)10-11-18-14-30-23(31-15-18)19-12-20(26)22(21(27)13-19)24(25,28)29/h2-3,12-13,16-18,23H,4-11,14-15H2,1H3/b3-2+. The van der Waals surface area contributed by atoms with E-state index in [4.69, 9.17) is 21.1 Å². The van der Waals surface area contributed by atoms with Crippen molar-refractivity contribution in [1.82, 2.24) is 0 Å². The zero-order valence-corrected chi connectivity index (χ0v) is 18.7. The summed E-state index contributed by atoms with van der Waals surface area (Å²) in [5, 5.41) is -4.11. The van der Waals surface area contributed by atoms with Gasteiger partial charge in [-0.15, -0.1) is 0 Å². The van der Waals surface area contributed by atoms with Crippen molar-refractivity contribution in [3.8, 4) is 0 Å². The molecule has 1 heterocycles. The molecule has 2 aliphatic rings. The van der Waals surface area contributed by atoms with Crippen LogP contribution in [0.25, 0.3) is 0 Å². The number of alkyl halides is 3. The van der Waals surface area contributed by atoms with Gasteiger partial charge in [-0.1, -0.05) is 44.3 Å². The second kappa shape index (κ2) is 11.2. The first kappa shape index (κ1) is 24.5. The number of hydrogen-bond donors (Lipinski definition) is 0. The number of allylic oxidation sites excluding steroid dienone is 2. The van der Waals surface area contributed by atoms with E-state index in [1.165, 1.54) is 38.5 Å². The molecular formula is C24H31ClF4O2. The summed E-state index contributed by atoms with van der Waals surface area (Å²) >= 11 is 4.78. The van der Waals surface area contributed by atoms with Gasteiger partial charge in [-0.2, -0.15) is 8.78 Å². The molecule has 1 saturated heterocycles. The second-order valence-electron chi connectivity index (χ2n) is 8.83. The van der Waals surface area contributed by atoms with E-state index in [2.05, 4.69) is 19.1 Å². The van der Waals surface area contributed by atoms with Crippen LogP contribution < -0.4 is 0 Å². The predicted octanol–water partition coefficient (Wildman–Crippen LogP) is 7.86. The fraction of sp³-hybridized carbons (Fsp3) is 0.667. The van der Waals surface area contributed by atoms with Crippen LogP contribution in [0.4, 0.5) is 17.6 Å². The molecule has 0 atom stereocenters. The maximum Gasteiger partial charge on any atom is 0.353 e. The summed E-state index contributed by atoms with van der Waals surface area (Å²) in [5.74, 6) is -1.01. The Labute approximate surface area is 186 Å². The van der Waals surface area contributed by atoms with Gasteiger partial charge < -0.3 is 9.47 Å². The van der Waals surface area contributed by atoms with Crippen molar-refractivity contribution in [1.29, 1.82) is 0 Å². The molecule has 0 bridgehead atoms. The molecule has 31 heavy (non-hydrogen) atoms. The van der Waals surface area contributed by atoms with Gasteiger partial charge in [0.25, 0.3) is 0 Å². The van der Waals surface area contributed by atoms with Crippen molar-refractivity contribution in [2.24, 2.45) is 17.8 Å². The largest absolute Gasteiger partial charge is 0.353 e. The van der Waals surface area contributed by atoms with Crippen LogP contribution in [0.1, 0.15) is 75.7 Å². The van der Waals surface area contributed by atoms with Gasteiger partial charge >= 0.3 is 5.38 Å². The Bertz CT molecular complexity index is 711. The quantitative estimate of drug-likeness (QED) is 0.222. The van der Waals surface area contributed by atoms with E-state index in [-0.39, 0.29) is 11.5 Å². The SMILES string of the molecule is C/C=C/CCC1CCC(CCC2COC(c3cc(F)c(C(F)(F)Cl)c(F)c3)OC2)CC1. The van der Waals surface area contributed by atoms with Crippen molar-refractivity contribution in [2.75, 3.05) is 13.2 Å². The molecule has 1 aliphatic heterocycles. The van der Waals surface area contributed by atoms with Crippen LogP contribution in [0.5, 0.6) is 0 Å². The summed E-state index contributed by atoms with van der Waals surface area (Å²) in [6.45, 7) is 2.90. The fourth-order valence-corrected chi connectivity index (χ4v) is 4.86. The van der Waals surface area contributed by atoms with Gasteiger partial charge in [0.1, 0.15) is 17.2 Å². The lowest BCUT2D eigenvalue weighted by molar-refractivity contribution is -0.206. The number of hydrogen-bond acceptors (Lipinski definition) is 2. The van der Waals surface area contributed by atoms with E-state index in [0.717, 1.165) is 36.8 Å². The predicted molar refractivity (Wildman–Crippen MR) is 113 cm³/mol. The van der Waals surface area contributed by atoms with E-state index in [1.807, 2.05) is 0 Å². The molecule has 0 radical (unpaired) electrons. The maximum absolute atomic E-state index is 14.0. The first-order chi connectivity index (χ1) is 14.8. The second-order valence-corrected chi connectivity index (χ2v) is 9.31. The van der Waals surface area contributed by atoms with Crippen LogP contribution in [0.2, 0.25) is 0 Å². The zero-order valence-electron chi connectivity index (χ0n) is 17.9. The molecule has 1 aromatic carbocycles. The molecule has 174 valence electrons. The summed E-state index contributed by atoms with van der Waals surface area (Å²) < 4.78 is 65.5. The van der Waals surface area contributed by atoms with Gasteiger partial charge in [0.2, 0.25) is 0 Å². The third kappa shape index (κ3) is 6.93. The Hall–Kier alpha value is -1.11. The Kier molecular flexibility index (Phi) is 8.82. The number of benzene rings is 1. The van der Waals surface area contributed by atoms with Crippen LogP contribution in [0.3, 0.4) is 0 Å². The topological polar surface area (TPSA) is 18.5 Å². The Morgan fingerprint density at radius 1 is 0.935 bits per heavy atom. The summed E-state index contributed by atoms with van der Waals surface area (Å²) in [5.41, 5.74) is -1.42. The lowest BCUT2D eigenvalue weighted by atomic mass is 9.77. The molecule has 0 aromatic heterocycles. The van der Waals surface area contributed by atoms with Crippen molar-refractivity contribution >= 4 is 11.6 Å². The average Bonchev–Trinajstić information content (AvgIpc) is 2.72. The third-order valence-electron chi connectivity index (χ3n) is 6.51. The first-order valence-electron chi connectivity index (χ1n) is 11.2. The number of ether oxygens (including phenoxy) is 2. The van der Waals surface area contributed by atoms with Crippen LogP contribution in [-0.2, 0) is 14.9 Å². The summed E-state index contributed by atoms with van der Waals surface area (Å²) in [4.78, 5) is 0. The van der Waals surface area contributed by atoms with Crippen LogP contribution >= 0.6 is 11.6 Å². The molecule has 3 rings (SSSR count). The van der Waals surface area contributed by atoms with Crippen LogP contribution in [0.15, 0.2) is 24.3 Å². The molecule has 0 N–H and O–H groups in total. The number of halogens is 5. The summed E-state index contributed by atoms with van der Waals surface area (Å²) in [7, 11) is 0. The van der Waals surface area contributed by atoms with Gasteiger partial charge in [-0.25, -0.2) is 8.78 Å². The van der Waals surface area contributed by atoms with E-state index in [9.17, 15) is 17.6 Å². The molecular weight excluding hydrogens is 432 g/mol. The lowest BCUT2D eigenvalue weighted by Gasteiger charge is -2.32. The summed E-state index contributed by atoms with van der Waals surface area (Å²) in [6, 6.07) is 1.60. The monoisotopic (exact) mass is 462 g/mol. The van der Waals surface area contributed by atoms with E-state index in [0.29, 0.717) is 13.2 Å². The Morgan fingerprint density at radius 2 is 1.45 bits per heavy atom. The minimum absolute atomic E-state index is 0.0364. The van der Waals surface area contributed by atoms with Gasteiger partial charge in [0.15, 0.2) is 6.29 Å². The highest BCUT2D eigenvalue weighted by molar-refractivity contribution is 6.21. The van der Waals surface area contributed by atoms with Crippen LogP contribution in [-0.4, -0.2) is 13.2 Å². The minimum Gasteiger partial charge on any atom is -0.348 e. The van der Waals surface area contributed by atoms with Crippen molar-refractivity contribution in [2.45, 2.75) is 70.0 Å². The fourth-order valence-electron chi connectivity index (χ4n) is 4.68. The van der Waals surface area contributed by atoms with Gasteiger partial charge in [-0.05, 0) is 61.8 Å². The van der Waals surface area contributed by atoms with Gasteiger partial charge in [-0.3, -0.25) is 0 Å². The lowest BCUT2D eigenvalue weighted by Crippen LogP contribution is -2.28. The molecule has 1 aromatic rings. The van der Waals surface area contributed by atoms with E-state index in [1.54, 1.807) is 0 Å². The van der Waals surface area contributed by atoms with Crippen LogP contribution in [0, 0.1) is 29.4 Å². The molecule has 7 heteroatoms. The molecule has 2 fully saturated rings. The minimum atomic E-state index is -4.11. The molecule has 0 spiro atoms. The third-order valence-corrected chi connectivity index (χ3v) is 6.70. The average molecular weight is 463 g/mol. The van der Waals surface area contributed by atoms with Crippen molar-refractivity contribution in [3.05, 3.63) is 47.0 Å². The van der Waals surface area contributed by atoms with Crippen molar-refractivity contribution in [3.63, 3.8) is 0 Å². The summed E-state index contributed by atoms with van der Waals surface area (Å²) in [6.07, 6.45) is 13.1. The highest BCUT2D eigenvalue weighted by atomic mass is 35.5. The van der Waals surface area contributed by atoms with E-state index < -0.39 is 28.9 Å². The Morgan fingerprint density at radius 3 is 1.97 bits per heavy atom. The smallest absolute Gasteiger partial charge is 0.348 e.